The van der Waals surface area contributed by atoms with Gasteiger partial charge in [-0.1, -0.05) is 64.3 Å². The molecular weight excluding hydrogens is 187 g/mol. The van der Waals surface area contributed by atoms with Crippen LogP contribution in [0.5, 0.6) is 0 Å². The third-order valence-electron chi connectivity index (χ3n) is 2.32. The first-order valence-corrected chi connectivity index (χ1v) is 5.78. The lowest BCUT2D eigenvalue weighted by Gasteiger charge is -2.25. The molecule has 0 spiro atoms. The van der Waals surface area contributed by atoms with E-state index in [-0.39, 0.29) is 4.70 Å². The molecule has 0 unspecified atom stereocenters. The second kappa shape index (κ2) is 7.67. The van der Waals surface area contributed by atoms with Crippen LogP contribution >= 0.6 is 0 Å². The summed E-state index contributed by atoms with van der Waals surface area (Å²) in [4.78, 5) is 0. The van der Waals surface area contributed by atoms with Crippen molar-refractivity contribution in [2.75, 3.05) is 0 Å². The highest BCUT2D eigenvalue weighted by Crippen LogP contribution is 2.32. The van der Waals surface area contributed by atoms with Crippen LogP contribution in [0.15, 0.2) is 23.3 Å². The molecule has 1 rings (SSSR count). The fraction of sp³-hybridized carbons (Fsp3) is 0.714. The van der Waals surface area contributed by atoms with Gasteiger partial charge in [-0.25, -0.2) is 0 Å². The molecule has 15 heavy (non-hydrogen) atoms. The monoisotopic (exact) mass is 214 g/mol. The molecule has 0 fully saturated rings. The SMILES string of the molecule is CC1=CC=C(C(C)(C)C)CC1.CCC.F. The maximum atomic E-state index is 2.29. The van der Waals surface area contributed by atoms with Crippen LogP contribution in [0.4, 0.5) is 4.70 Å². The van der Waals surface area contributed by atoms with E-state index < -0.39 is 0 Å². The predicted molar refractivity (Wildman–Crippen MR) is 69.0 cm³/mol. The van der Waals surface area contributed by atoms with Crippen molar-refractivity contribution in [1.29, 1.82) is 0 Å². The van der Waals surface area contributed by atoms with E-state index >= 15 is 0 Å². The summed E-state index contributed by atoms with van der Waals surface area (Å²) in [5, 5.41) is 0. The van der Waals surface area contributed by atoms with Crippen LogP contribution in [-0.4, -0.2) is 0 Å². The van der Waals surface area contributed by atoms with E-state index in [9.17, 15) is 0 Å². The lowest BCUT2D eigenvalue weighted by Crippen LogP contribution is -2.10. The third-order valence-corrected chi connectivity index (χ3v) is 2.32. The van der Waals surface area contributed by atoms with Gasteiger partial charge in [-0.05, 0) is 25.2 Å². The molecule has 90 valence electrons. The van der Waals surface area contributed by atoms with Gasteiger partial charge in [0.1, 0.15) is 0 Å². The average molecular weight is 214 g/mol. The Morgan fingerprint density at radius 3 is 1.80 bits per heavy atom. The highest BCUT2D eigenvalue weighted by molar-refractivity contribution is 5.26. The van der Waals surface area contributed by atoms with Crippen LogP contribution in [-0.2, 0) is 0 Å². The van der Waals surface area contributed by atoms with Gasteiger partial charge in [-0.2, -0.15) is 0 Å². The Bertz CT molecular complexity index is 216. The van der Waals surface area contributed by atoms with Crippen molar-refractivity contribution in [2.45, 2.75) is 60.8 Å². The fourth-order valence-electron chi connectivity index (χ4n) is 1.37. The molecule has 0 aliphatic heterocycles. The minimum atomic E-state index is 0. The van der Waals surface area contributed by atoms with Crippen molar-refractivity contribution in [3.63, 3.8) is 0 Å². The molecule has 0 aromatic heterocycles. The van der Waals surface area contributed by atoms with Gasteiger partial charge in [0.15, 0.2) is 0 Å². The van der Waals surface area contributed by atoms with Crippen molar-refractivity contribution in [2.24, 2.45) is 5.41 Å². The fourth-order valence-corrected chi connectivity index (χ4v) is 1.37. The minimum absolute atomic E-state index is 0. The maximum Gasteiger partial charge on any atom is -0.0170 e. The Hall–Kier alpha value is -0.590. The predicted octanol–water partition coefficient (Wildman–Crippen LogP) is 5.27. The molecular formula is C14H27F. The van der Waals surface area contributed by atoms with Gasteiger partial charge in [0.2, 0.25) is 0 Å². The number of hydrogen-bond donors (Lipinski definition) is 0. The van der Waals surface area contributed by atoms with Gasteiger partial charge < -0.3 is 0 Å². The first-order chi connectivity index (χ1) is 6.41. The Labute approximate surface area is 94.8 Å². The van der Waals surface area contributed by atoms with Gasteiger partial charge in [-0.3, -0.25) is 4.70 Å². The maximum absolute atomic E-state index is 2.29. The summed E-state index contributed by atoms with van der Waals surface area (Å²) in [5.41, 5.74) is 3.47. The summed E-state index contributed by atoms with van der Waals surface area (Å²) in [7, 11) is 0. The number of rotatable bonds is 0. The summed E-state index contributed by atoms with van der Waals surface area (Å²) in [6.45, 7) is 13.3. The highest BCUT2D eigenvalue weighted by Gasteiger charge is 2.17. The van der Waals surface area contributed by atoms with E-state index in [1.54, 1.807) is 5.57 Å². The number of hydrogen-bond acceptors (Lipinski definition) is 0. The van der Waals surface area contributed by atoms with E-state index in [2.05, 4.69) is 53.7 Å². The van der Waals surface area contributed by atoms with Crippen molar-refractivity contribution in [3.8, 4) is 0 Å². The molecule has 0 saturated heterocycles. The largest absolute Gasteiger partial charge is 0.269 e. The van der Waals surface area contributed by atoms with Crippen molar-refractivity contribution in [3.05, 3.63) is 23.3 Å². The van der Waals surface area contributed by atoms with Crippen LogP contribution in [0.2, 0.25) is 0 Å². The number of allylic oxidation sites excluding steroid dienone is 4. The first kappa shape index (κ1) is 16.8. The summed E-state index contributed by atoms with van der Waals surface area (Å²) in [5.74, 6) is 0. The molecule has 0 aromatic carbocycles. The second-order valence-electron chi connectivity index (χ2n) is 5.16. The number of halogens is 1. The first-order valence-electron chi connectivity index (χ1n) is 5.78. The van der Waals surface area contributed by atoms with E-state index in [4.69, 9.17) is 0 Å². The lowest BCUT2D eigenvalue weighted by molar-refractivity contribution is 0.479. The Morgan fingerprint density at radius 1 is 1.07 bits per heavy atom. The summed E-state index contributed by atoms with van der Waals surface area (Å²) < 4.78 is 0. The minimum Gasteiger partial charge on any atom is -0.269 e. The Kier molecular flexibility index (Phi) is 8.60. The normalized spacial score (nSPS) is 15.3. The standard InChI is InChI=1S/C11H18.C3H8.FH/c1-9-5-7-10(8-6-9)11(2,3)4;1-3-2;/h5,7H,6,8H2,1-4H3;3H2,1-2H3;1H. The topological polar surface area (TPSA) is 0 Å². The zero-order chi connectivity index (χ0) is 11.2. The summed E-state index contributed by atoms with van der Waals surface area (Å²) >= 11 is 0. The molecule has 0 bridgehead atoms. The van der Waals surface area contributed by atoms with Crippen LogP contribution in [0.1, 0.15) is 60.8 Å². The average Bonchev–Trinajstić information content (AvgIpc) is 2.04. The molecule has 0 saturated carbocycles. The third kappa shape index (κ3) is 7.35. The molecule has 1 aliphatic rings. The molecule has 0 atom stereocenters. The molecule has 0 N–H and O–H groups in total. The van der Waals surface area contributed by atoms with Crippen molar-refractivity contribution < 1.29 is 4.70 Å². The van der Waals surface area contributed by atoms with Gasteiger partial charge in [-0.15, -0.1) is 0 Å². The second-order valence-corrected chi connectivity index (χ2v) is 5.16. The van der Waals surface area contributed by atoms with Gasteiger partial charge in [0.25, 0.3) is 0 Å². The molecule has 1 heteroatoms. The van der Waals surface area contributed by atoms with Crippen LogP contribution in [0.25, 0.3) is 0 Å². The van der Waals surface area contributed by atoms with Gasteiger partial charge >= 0.3 is 0 Å². The molecule has 0 nitrogen and oxygen atoms in total. The van der Waals surface area contributed by atoms with E-state index in [0.717, 1.165) is 0 Å². The van der Waals surface area contributed by atoms with Crippen LogP contribution in [0, 0.1) is 5.41 Å². The highest BCUT2D eigenvalue weighted by atomic mass is 19.0. The Morgan fingerprint density at radius 2 is 1.53 bits per heavy atom. The zero-order valence-corrected chi connectivity index (χ0v) is 11.2. The summed E-state index contributed by atoms with van der Waals surface area (Å²) in [6, 6.07) is 0. The zero-order valence-electron chi connectivity index (χ0n) is 11.2. The molecule has 0 aromatic rings. The summed E-state index contributed by atoms with van der Waals surface area (Å²) in [6.07, 6.45) is 8.30. The van der Waals surface area contributed by atoms with Crippen LogP contribution in [0.3, 0.4) is 0 Å². The molecule has 1 aliphatic carbocycles. The van der Waals surface area contributed by atoms with Crippen molar-refractivity contribution >= 4 is 0 Å². The smallest absolute Gasteiger partial charge is 0.0170 e. The van der Waals surface area contributed by atoms with Gasteiger partial charge in [0.05, 0.1) is 0 Å². The Balaban J connectivity index is 0. The van der Waals surface area contributed by atoms with E-state index in [1.807, 2.05) is 0 Å². The molecule has 0 amide bonds. The van der Waals surface area contributed by atoms with Crippen molar-refractivity contribution in [1.82, 2.24) is 0 Å². The van der Waals surface area contributed by atoms with E-state index in [0.29, 0.717) is 5.41 Å². The quantitative estimate of drug-likeness (QED) is 0.515. The van der Waals surface area contributed by atoms with Crippen LogP contribution < -0.4 is 0 Å². The van der Waals surface area contributed by atoms with E-state index in [1.165, 1.54) is 24.8 Å². The molecule has 0 heterocycles. The lowest BCUT2D eigenvalue weighted by atomic mass is 9.81. The van der Waals surface area contributed by atoms with Gasteiger partial charge in [0, 0.05) is 0 Å². The molecule has 0 radical (unpaired) electrons.